The van der Waals surface area contributed by atoms with Crippen LogP contribution >= 0.6 is 11.6 Å². The standard InChI is InChI=1S/C25H27ClN6O2/c1-16-7-9-19(10-8-16)22-27-23(34-30-22)17(2)31-11-13-32(14-12-31)18(3)24-28-29-25(33-24)20-5-4-6-21(26)15-20/h4-10,15,17-18H,11-14H2,1-3H3. The molecule has 0 spiro atoms. The zero-order valence-corrected chi connectivity index (χ0v) is 20.2. The van der Waals surface area contributed by atoms with Crippen molar-refractivity contribution in [2.75, 3.05) is 26.2 Å². The molecule has 2 atom stereocenters. The summed E-state index contributed by atoms with van der Waals surface area (Å²) in [6, 6.07) is 15.6. The third-order valence-corrected chi connectivity index (χ3v) is 6.66. The Kier molecular flexibility index (Phi) is 6.45. The molecule has 4 aromatic rings. The molecule has 8 nitrogen and oxygen atoms in total. The maximum Gasteiger partial charge on any atom is 0.247 e. The maximum absolute atomic E-state index is 6.09. The second-order valence-corrected chi connectivity index (χ2v) is 9.14. The zero-order valence-electron chi connectivity index (χ0n) is 19.5. The summed E-state index contributed by atoms with van der Waals surface area (Å²) in [4.78, 5) is 9.36. The number of aromatic nitrogens is 4. The predicted octanol–water partition coefficient (Wildman–Crippen LogP) is 5.19. The lowest BCUT2D eigenvalue weighted by Crippen LogP contribution is -2.47. The highest BCUT2D eigenvalue weighted by Crippen LogP contribution is 2.28. The molecule has 1 aliphatic heterocycles. The third kappa shape index (κ3) is 4.75. The molecule has 1 aliphatic rings. The number of nitrogens with zero attached hydrogens (tertiary/aromatic N) is 6. The van der Waals surface area contributed by atoms with Crippen LogP contribution in [0, 0.1) is 6.92 Å². The first-order chi connectivity index (χ1) is 16.5. The van der Waals surface area contributed by atoms with Crippen LogP contribution in [0.15, 0.2) is 57.5 Å². The molecule has 0 aliphatic carbocycles. The Morgan fingerprint density at radius 2 is 1.53 bits per heavy atom. The molecule has 176 valence electrons. The van der Waals surface area contributed by atoms with Gasteiger partial charge in [-0.1, -0.05) is 52.7 Å². The average molecular weight is 479 g/mol. The molecule has 3 heterocycles. The Labute approximate surface area is 203 Å². The van der Waals surface area contributed by atoms with E-state index in [1.165, 1.54) is 5.56 Å². The fourth-order valence-corrected chi connectivity index (χ4v) is 4.38. The number of rotatable bonds is 6. The van der Waals surface area contributed by atoms with Crippen LogP contribution in [-0.2, 0) is 0 Å². The van der Waals surface area contributed by atoms with Gasteiger partial charge in [0, 0.05) is 42.3 Å². The van der Waals surface area contributed by atoms with Crippen LogP contribution in [0.1, 0.15) is 43.3 Å². The Balaban J connectivity index is 1.20. The molecule has 2 aromatic heterocycles. The normalized spacial score (nSPS) is 17.1. The van der Waals surface area contributed by atoms with Crippen molar-refractivity contribution in [2.45, 2.75) is 32.9 Å². The van der Waals surface area contributed by atoms with Crippen LogP contribution in [0.5, 0.6) is 0 Å². The minimum absolute atomic E-state index is 0.0226. The van der Waals surface area contributed by atoms with Gasteiger partial charge >= 0.3 is 0 Å². The second-order valence-electron chi connectivity index (χ2n) is 8.70. The molecular formula is C25H27ClN6O2. The first-order valence-corrected chi connectivity index (χ1v) is 11.8. The van der Waals surface area contributed by atoms with Gasteiger partial charge in [-0.05, 0) is 39.0 Å². The van der Waals surface area contributed by atoms with Crippen molar-refractivity contribution >= 4 is 11.6 Å². The molecule has 2 aromatic carbocycles. The van der Waals surface area contributed by atoms with Crippen molar-refractivity contribution in [1.82, 2.24) is 30.1 Å². The van der Waals surface area contributed by atoms with E-state index in [9.17, 15) is 0 Å². The third-order valence-electron chi connectivity index (χ3n) is 6.42. The number of piperazine rings is 1. The molecule has 2 unspecified atom stereocenters. The summed E-state index contributed by atoms with van der Waals surface area (Å²) in [7, 11) is 0. The Morgan fingerprint density at radius 3 is 2.21 bits per heavy atom. The van der Waals surface area contributed by atoms with E-state index in [4.69, 9.17) is 20.5 Å². The van der Waals surface area contributed by atoms with Gasteiger partial charge < -0.3 is 8.94 Å². The highest BCUT2D eigenvalue weighted by atomic mass is 35.5. The van der Waals surface area contributed by atoms with E-state index < -0.39 is 0 Å². The molecule has 1 saturated heterocycles. The first kappa shape index (κ1) is 22.7. The number of hydrogen-bond donors (Lipinski definition) is 0. The second kappa shape index (κ2) is 9.66. The molecular weight excluding hydrogens is 452 g/mol. The Bertz CT molecular complexity index is 1250. The summed E-state index contributed by atoms with van der Waals surface area (Å²) in [6.45, 7) is 9.77. The van der Waals surface area contributed by atoms with Gasteiger partial charge in [0.25, 0.3) is 0 Å². The van der Waals surface area contributed by atoms with E-state index in [0.717, 1.165) is 37.3 Å². The van der Waals surface area contributed by atoms with E-state index >= 15 is 0 Å². The van der Waals surface area contributed by atoms with Crippen LogP contribution in [0.3, 0.4) is 0 Å². The van der Waals surface area contributed by atoms with E-state index in [1.807, 2.05) is 36.4 Å². The lowest BCUT2D eigenvalue weighted by atomic mass is 10.1. The molecule has 0 saturated carbocycles. The minimum Gasteiger partial charge on any atom is -0.419 e. The van der Waals surface area contributed by atoms with E-state index in [0.29, 0.717) is 28.5 Å². The van der Waals surface area contributed by atoms with Crippen LogP contribution in [-0.4, -0.2) is 56.3 Å². The Hall–Kier alpha value is -3.07. The molecule has 0 bridgehead atoms. The Morgan fingerprint density at radius 1 is 0.853 bits per heavy atom. The summed E-state index contributed by atoms with van der Waals surface area (Å²) in [5, 5.41) is 13.3. The quantitative estimate of drug-likeness (QED) is 0.374. The van der Waals surface area contributed by atoms with Gasteiger partial charge in [-0.25, -0.2) is 0 Å². The summed E-state index contributed by atoms with van der Waals surface area (Å²) in [5.41, 5.74) is 2.99. The van der Waals surface area contributed by atoms with Crippen molar-refractivity contribution < 1.29 is 8.94 Å². The van der Waals surface area contributed by atoms with Gasteiger partial charge in [-0.3, -0.25) is 9.80 Å². The molecule has 1 fully saturated rings. The summed E-state index contributed by atoms with van der Waals surface area (Å²) in [5.74, 6) is 2.36. The molecule has 0 N–H and O–H groups in total. The largest absolute Gasteiger partial charge is 0.419 e. The molecule has 5 rings (SSSR count). The number of hydrogen-bond acceptors (Lipinski definition) is 8. The van der Waals surface area contributed by atoms with Gasteiger partial charge in [-0.2, -0.15) is 4.98 Å². The smallest absolute Gasteiger partial charge is 0.247 e. The summed E-state index contributed by atoms with van der Waals surface area (Å²) in [6.07, 6.45) is 0. The van der Waals surface area contributed by atoms with Crippen LogP contribution in [0.4, 0.5) is 0 Å². The molecule has 9 heteroatoms. The fraction of sp³-hybridized carbons (Fsp3) is 0.360. The van der Waals surface area contributed by atoms with Gasteiger partial charge in [-0.15, -0.1) is 10.2 Å². The predicted molar refractivity (Wildman–Crippen MR) is 129 cm³/mol. The van der Waals surface area contributed by atoms with Crippen molar-refractivity contribution in [3.8, 4) is 22.8 Å². The fourth-order valence-electron chi connectivity index (χ4n) is 4.19. The van der Waals surface area contributed by atoms with Crippen LogP contribution in [0.25, 0.3) is 22.8 Å². The van der Waals surface area contributed by atoms with E-state index in [2.05, 4.69) is 63.0 Å². The number of halogens is 1. The van der Waals surface area contributed by atoms with Gasteiger partial charge in [0.1, 0.15) is 0 Å². The number of benzene rings is 2. The zero-order chi connectivity index (χ0) is 23.7. The van der Waals surface area contributed by atoms with E-state index in [1.54, 1.807) is 0 Å². The lowest BCUT2D eigenvalue weighted by molar-refractivity contribution is 0.0607. The van der Waals surface area contributed by atoms with Crippen molar-refractivity contribution in [1.29, 1.82) is 0 Å². The molecule has 0 amide bonds. The van der Waals surface area contributed by atoms with Crippen LogP contribution in [0.2, 0.25) is 5.02 Å². The lowest BCUT2D eigenvalue weighted by Gasteiger charge is -2.38. The van der Waals surface area contributed by atoms with Crippen molar-refractivity contribution in [3.05, 3.63) is 70.9 Å². The topological polar surface area (TPSA) is 84.3 Å². The molecule has 34 heavy (non-hydrogen) atoms. The van der Waals surface area contributed by atoms with Gasteiger partial charge in [0.2, 0.25) is 23.5 Å². The maximum atomic E-state index is 6.09. The van der Waals surface area contributed by atoms with Crippen molar-refractivity contribution in [3.63, 3.8) is 0 Å². The monoisotopic (exact) mass is 478 g/mol. The average Bonchev–Trinajstić information content (AvgIpc) is 3.54. The first-order valence-electron chi connectivity index (χ1n) is 11.5. The number of aryl methyl sites for hydroxylation is 1. The summed E-state index contributed by atoms with van der Waals surface area (Å²) < 4.78 is 11.6. The highest BCUT2D eigenvalue weighted by molar-refractivity contribution is 6.30. The van der Waals surface area contributed by atoms with Crippen molar-refractivity contribution in [2.24, 2.45) is 0 Å². The SMILES string of the molecule is Cc1ccc(-c2noc(C(C)N3CCN(C(C)c4nnc(-c5cccc(Cl)c5)o4)CC3)n2)cc1. The summed E-state index contributed by atoms with van der Waals surface area (Å²) >= 11 is 6.09. The van der Waals surface area contributed by atoms with Gasteiger partial charge in [0.15, 0.2) is 0 Å². The highest BCUT2D eigenvalue weighted by Gasteiger charge is 2.30. The molecule has 0 radical (unpaired) electrons. The van der Waals surface area contributed by atoms with E-state index in [-0.39, 0.29) is 12.1 Å². The van der Waals surface area contributed by atoms with Crippen LogP contribution < -0.4 is 0 Å². The minimum atomic E-state index is 0.0226. The van der Waals surface area contributed by atoms with Gasteiger partial charge in [0.05, 0.1) is 12.1 Å².